The molecule has 0 aromatic carbocycles. The van der Waals surface area contributed by atoms with Gasteiger partial charge in [0.25, 0.3) is 0 Å². The number of aliphatic imine (C=N–C) groups is 2. The summed E-state index contributed by atoms with van der Waals surface area (Å²) in [4.78, 5) is 14.9. The van der Waals surface area contributed by atoms with Gasteiger partial charge in [-0.3, -0.25) is 0 Å². The van der Waals surface area contributed by atoms with Gasteiger partial charge in [-0.05, 0) is 224 Å². The zero-order valence-corrected chi connectivity index (χ0v) is 29.7. The Kier molecular flexibility index (Phi) is 6.21. The molecule has 0 aliphatic heterocycles. The zero-order valence-electron chi connectivity index (χ0n) is 29.7. The Bertz CT molecular complexity index is 1270. The molecule has 6 nitrogen and oxygen atoms in total. The van der Waals surface area contributed by atoms with Crippen molar-refractivity contribution in [3.63, 3.8) is 0 Å². The molecule has 6 heteroatoms. The van der Waals surface area contributed by atoms with Crippen molar-refractivity contribution in [2.45, 2.75) is 164 Å². The van der Waals surface area contributed by atoms with Gasteiger partial charge in [0.15, 0.2) is 0 Å². The highest BCUT2D eigenvalue weighted by molar-refractivity contribution is 5.98. The lowest BCUT2D eigenvalue weighted by Crippen LogP contribution is -2.72. The molecular weight excluding hydrogens is 589 g/mol. The molecule has 0 spiro atoms. The van der Waals surface area contributed by atoms with Crippen LogP contribution in [0.1, 0.15) is 141 Å². The molecule has 16 saturated carbocycles. The number of nitrogens with two attached hydrogens (primary N) is 2. The van der Waals surface area contributed by atoms with Crippen molar-refractivity contribution >= 4 is 11.9 Å². The number of hydrogen-bond acceptors (Lipinski definition) is 3. The van der Waals surface area contributed by atoms with Crippen LogP contribution < -0.4 is 11.6 Å². The molecule has 0 aromatic rings. The Balaban J connectivity index is 0.992. The zero-order chi connectivity index (χ0) is 31.5. The Morgan fingerprint density at radius 1 is 0.479 bits per heavy atom. The van der Waals surface area contributed by atoms with Crippen LogP contribution in [-0.2, 0) is 0 Å². The van der Waals surface area contributed by atoms with Gasteiger partial charge in [0.1, 0.15) is 0 Å². The number of guanidine groups is 2. The first-order chi connectivity index (χ1) is 23.3. The molecule has 0 aromatic heterocycles. The predicted molar refractivity (Wildman–Crippen MR) is 190 cm³/mol. The Labute approximate surface area is 290 Å². The van der Waals surface area contributed by atoms with E-state index in [1.54, 1.807) is 0 Å². The van der Waals surface area contributed by atoms with Crippen LogP contribution in [0.4, 0.5) is 0 Å². The van der Waals surface area contributed by atoms with E-state index < -0.39 is 0 Å². The van der Waals surface area contributed by atoms with Crippen molar-refractivity contribution in [1.82, 2.24) is 9.91 Å². The van der Waals surface area contributed by atoms with E-state index in [1.807, 2.05) is 5.01 Å². The van der Waals surface area contributed by atoms with E-state index in [4.69, 9.17) is 21.6 Å². The van der Waals surface area contributed by atoms with E-state index in [1.165, 1.54) is 141 Å². The summed E-state index contributed by atoms with van der Waals surface area (Å²) >= 11 is 0. The summed E-state index contributed by atoms with van der Waals surface area (Å²) in [6, 6.07) is 0.973. The monoisotopic (exact) mass is 653 g/mol. The fourth-order valence-electron chi connectivity index (χ4n) is 18.4. The smallest absolute Gasteiger partial charge is 0.219 e. The highest BCUT2D eigenvalue weighted by Crippen LogP contribution is 2.63. The average Bonchev–Trinajstić information content (AvgIpc) is 3.01. The molecule has 262 valence electrons. The molecule has 48 heavy (non-hydrogen) atoms. The van der Waals surface area contributed by atoms with Gasteiger partial charge in [-0.2, -0.15) is 0 Å². The van der Waals surface area contributed by atoms with Crippen LogP contribution in [0, 0.1) is 82.9 Å². The van der Waals surface area contributed by atoms with Crippen LogP contribution in [-0.4, -0.2) is 45.0 Å². The standard InChI is InChI=1S/C42H64N6/c43-39(45-37-33-9-23-1-24(11-33)12-34(37)10-23)48(44)40(46-41-17-27-3-28(18-41)5-29(4-27)19-41)47(38-35-13-25-2-26(15-35)16-36(38)14-25)42-20-30-6-31(21-42)8-32(7-30)22-42/h23-38H,1-22,44H2,(H2,43,45). The summed E-state index contributed by atoms with van der Waals surface area (Å²) in [6.45, 7) is 0. The summed E-state index contributed by atoms with van der Waals surface area (Å²) in [5.74, 6) is 21.6. The van der Waals surface area contributed by atoms with Crippen molar-refractivity contribution in [2.75, 3.05) is 0 Å². The molecule has 0 unspecified atom stereocenters. The summed E-state index contributed by atoms with van der Waals surface area (Å²) in [5.41, 5.74) is 7.60. The number of hydrogen-bond donors (Lipinski definition) is 2. The maximum Gasteiger partial charge on any atom is 0.219 e. The molecule has 16 aliphatic carbocycles. The van der Waals surface area contributed by atoms with E-state index in [2.05, 4.69) is 4.90 Å². The molecule has 0 atom stereocenters. The van der Waals surface area contributed by atoms with Crippen molar-refractivity contribution in [3.8, 4) is 0 Å². The molecule has 0 heterocycles. The van der Waals surface area contributed by atoms with E-state index in [9.17, 15) is 0 Å². The highest BCUT2D eigenvalue weighted by Gasteiger charge is 2.61. The van der Waals surface area contributed by atoms with Crippen LogP contribution in [0.3, 0.4) is 0 Å². The van der Waals surface area contributed by atoms with Crippen molar-refractivity contribution in [2.24, 2.45) is 104 Å². The Morgan fingerprint density at radius 3 is 1.29 bits per heavy atom. The van der Waals surface area contributed by atoms with Gasteiger partial charge >= 0.3 is 0 Å². The molecule has 16 rings (SSSR count). The maximum atomic E-state index is 7.61. The van der Waals surface area contributed by atoms with E-state index in [0.717, 1.165) is 88.8 Å². The Hall–Kier alpha value is -1.30. The molecule has 16 fully saturated rings. The minimum absolute atomic E-state index is 0.0665. The summed E-state index contributed by atoms with van der Waals surface area (Å²) in [7, 11) is 0. The van der Waals surface area contributed by atoms with E-state index in [-0.39, 0.29) is 11.1 Å². The minimum atomic E-state index is 0.0665. The fraction of sp³-hybridized carbons (Fsp3) is 0.952. The van der Waals surface area contributed by atoms with Crippen LogP contribution in [0.15, 0.2) is 9.98 Å². The molecule has 16 bridgehead atoms. The van der Waals surface area contributed by atoms with Gasteiger partial charge in [-0.1, -0.05) is 0 Å². The lowest BCUT2D eigenvalue weighted by atomic mass is 9.50. The molecule has 16 aliphatic rings. The second-order valence-corrected chi connectivity index (χ2v) is 21.8. The van der Waals surface area contributed by atoms with Gasteiger partial charge in [0, 0.05) is 11.6 Å². The quantitative estimate of drug-likeness (QED) is 0.141. The topological polar surface area (TPSA) is 83.2 Å². The molecule has 4 N–H and O–H groups in total. The first kappa shape index (κ1) is 29.3. The van der Waals surface area contributed by atoms with Gasteiger partial charge < -0.3 is 10.6 Å². The normalized spacial score (nSPS) is 58.0. The third-order valence-corrected chi connectivity index (χ3v) is 18.5. The fourth-order valence-corrected chi connectivity index (χ4v) is 18.4. The largest absolute Gasteiger partial charge is 0.368 e. The molecule has 0 amide bonds. The third kappa shape index (κ3) is 4.37. The second-order valence-electron chi connectivity index (χ2n) is 21.8. The van der Waals surface area contributed by atoms with Crippen molar-refractivity contribution in [1.29, 1.82) is 0 Å². The van der Waals surface area contributed by atoms with Crippen molar-refractivity contribution in [3.05, 3.63) is 0 Å². The summed E-state index contributed by atoms with van der Waals surface area (Å²) in [5, 5.41) is 1.98. The lowest BCUT2D eigenvalue weighted by molar-refractivity contribution is -0.129. The van der Waals surface area contributed by atoms with Gasteiger partial charge in [-0.15, -0.1) is 0 Å². The van der Waals surface area contributed by atoms with Crippen LogP contribution in [0.2, 0.25) is 0 Å². The van der Waals surface area contributed by atoms with Crippen LogP contribution in [0.25, 0.3) is 0 Å². The summed E-state index contributed by atoms with van der Waals surface area (Å²) in [6.07, 6.45) is 31.1. The first-order valence-corrected chi connectivity index (χ1v) is 21.6. The highest BCUT2D eigenvalue weighted by atomic mass is 15.6. The van der Waals surface area contributed by atoms with Crippen LogP contribution >= 0.6 is 0 Å². The van der Waals surface area contributed by atoms with Crippen LogP contribution in [0.5, 0.6) is 0 Å². The van der Waals surface area contributed by atoms with E-state index in [0.29, 0.717) is 18.0 Å². The Morgan fingerprint density at radius 2 is 0.854 bits per heavy atom. The number of rotatable bonds is 4. The SMILES string of the molecule is NC(=NC1C2CC3CC(C2)CC1C3)N(N)C(=NC12CC3CC(CC(C3)C1)C2)N(C1C2CC3CC(C2)CC1C3)C12CC3CC(CC(C3)C1)C2. The average molecular weight is 653 g/mol. The van der Waals surface area contributed by atoms with Gasteiger partial charge in [0.05, 0.1) is 11.6 Å². The maximum absolute atomic E-state index is 7.61. The van der Waals surface area contributed by atoms with Gasteiger partial charge in [0.2, 0.25) is 11.9 Å². The lowest BCUT2D eigenvalue weighted by Gasteiger charge is -2.67. The number of nitrogens with zero attached hydrogens (tertiary/aromatic N) is 4. The first-order valence-electron chi connectivity index (χ1n) is 21.6. The molecule has 0 radical (unpaired) electrons. The van der Waals surface area contributed by atoms with Gasteiger partial charge in [-0.25, -0.2) is 20.8 Å². The van der Waals surface area contributed by atoms with E-state index >= 15 is 0 Å². The summed E-state index contributed by atoms with van der Waals surface area (Å²) < 4.78 is 0. The molecule has 0 saturated heterocycles. The predicted octanol–water partition coefficient (Wildman–Crippen LogP) is 7.72. The third-order valence-electron chi connectivity index (χ3n) is 18.5. The molecular formula is C42H64N6. The van der Waals surface area contributed by atoms with Crippen molar-refractivity contribution < 1.29 is 0 Å². The number of hydrazine groups is 1. The minimum Gasteiger partial charge on any atom is -0.368 e. The second kappa shape index (κ2) is 10.2.